The highest BCUT2D eigenvalue weighted by Gasteiger charge is 2.42. The first-order valence-electron chi connectivity index (χ1n) is 7.24. The molecule has 0 bridgehead atoms. The lowest BCUT2D eigenvalue weighted by atomic mass is 10.1. The van der Waals surface area contributed by atoms with E-state index in [-0.39, 0.29) is 0 Å². The molecule has 0 aliphatic heterocycles. The highest BCUT2D eigenvalue weighted by molar-refractivity contribution is 7.99. The summed E-state index contributed by atoms with van der Waals surface area (Å²) in [5.41, 5.74) is 9.13. The van der Waals surface area contributed by atoms with Crippen LogP contribution in [0.1, 0.15) is 23.5 Å². The number of rotatable bonds is 5. The summed E-state index contributed by atoms with van der Waals surface area (Å²) in [5, 5.41) is 0. The lowest BCUT2D eigenvalue weighted by molar-refractivity contribution is 0.640. The molecule has 1 aliphatic carbocycles. The molecule has 20 heavy (non-hydrogen) atoms. The van der Waals surface area contributed by atoms with E-state index in [0.717, 1.165) is 5.75 Å². The molecule has 2 N–H and O–H groups in total. The van der Waals surface area contributed by atoms with Gasteiger partial charge in [-0.25, -0.2) is 0 Å². The Kier molecular flexibility index (Phi) is 4.13. The van der Waals surface area contributed by atoms with E-state index in [1.54, 1.807) is 0 Å². The number of benzene rings is 2. The molecule has 0 saturated heterocycles. The molecule has 3 rings (SSSR count). The van der Waals surface area contributed by atoms with E-state index < -0.39 is 0 Å². The van der Waals surface area contributed by atoms with Crippen molar-refractivity contribution >= 4 is 11.8 Å². The summed E-state index contributed by atoms with van der Waals surface area (Å²) in [6, 6.07) is 19.8. The van der Waals surface area contributed by atoms with E-state index in [0.29, 0.717) is 17.9 Å². The first-order valence-corrected chi connectivity index (χ1v) is 8.22. The minimum atomic E-state index is 0.298. The maximum Gasteiger partial charge on any atom is 0.0168 e. The zero-order valence-electron chi connectivity index (χ0n) is 11.8. The Morgan fingerprint density at radius 1 is 1.10 bits per heavy atom. The van der Waals surface area contributed by atoms with Gasteiger partial charge in [-0.2, -0.15) is 0 Å². The fraction of sp³-hybridized carbons (Fsp3) is 0.333. The van der Waals surface area contributed by atoms with E-state index in [1.165, 1.54) is 22.4 Å². The topological polar surface area (TPSA) is 26.0 Å². The second kappa shape index (κ2) is 6.02. The van der Waals surface area contributed by atoms with Crippen LogP contribution in [0.25, 0.3) is 0 Å². The summed E-state index contributed by atoms with van der Waals surface area (Å²) < 4.78 is 0. The third kappa shape index (κ3) is 3.25. The Bertz CT molecular complexity index is 549. The van der Waals surface area contributed by atoms with Crippen LogP contribution in [0.4, 0.5) is 0 Å². The van der Waals surface area contributed by atoms with E-state index in [2.05, 4.69) is 61.5 Å². The molecule has 0 spiro atoms. The number of hydrogen-bond donors (Lipinski definition) is 1. The van der Waals surface area contributed by atoms with Crippen LogP contribution in [0, 0.1) is 12.8 Å². The third-order valence-electron chi connectivity index (χ3n) is 4.08. The number of nitrogens with two attached hydrogens (primary N) is 1. The number of thioether (sulfide) groups is 1. The Morgan fingerprint density at radius 2 is 1.80 bits per heavy atom. The molecular formula is C18H21NS. The maximum atomic E-state index is 6.36. The van der Waals surface area contributed by atoms with Crippen LogP contribution in [-0.2, 0) is 0 Å². The second-order valence-electron chi connectivity index (χ2n) is 5.70. The van der Waals surface area contributed by atoms with Crippen LogP contribution in [-0.4, -0.2) is 11.8 Å². The van der Waals surface area contributed by atoms with E-state index >= 15 is 0 Å². The fourth-order valence-electron chi connectivity index (χ4n) is 2.72. The Morgan fingerprint density at radius 3 is 2.50 bits per heavy atom. The van der Waals surface area contributed by atoms with Gasteiger partial charge in [0.1, 0.15) is 0 Å². The van der Waals surface area contributed by atoms with Gasteiger partial charge in [-0.3, -0.25) is 0 Å². The quantitative estimate of drug-likeness (QED) is 0.832. The summed E-state index contributed by atoms with van der Waals surface area (Å²) >= 11 is 1.88. The molecule has 3 atom stereocenters. The third-order valence-corrected chi connectivity index (χ3v) is 5.24. The summed E-state index contributed by atoms with van der Waals surface area (Å²) in [6.07, 6.45) is 1.25. The molecule has 0 radical (unpaired) electrons. The predicted molar refractivity (Wildman–Crippen MR) is 87.2 cm³/mol. The Balaban J connectivity index is 1.51. The highest BCUT2D eigenvalue weighted by Crippen LogP contribution is 2.49. The molecule has 2 heteroatoms. The molecule has 1 aliphatic rings. The molecule has 0 amide bonds. The van der Waals surface area contributed by atoms with Gasteiger partial charge in [0, 0.05) is 16.7 Å². The second-order valence-corrected chi connectivity index (χ2v) is 6.80. The zero-order valence-corrected chi connectivity index (χ0v) is 12.6. The first-order chi connectivity index (χ1) is 9.74. The van der Waals surface area contributed by atoms with Crippen LogP contribution in [0.2, 0.25) is 0 Å². The van der Waals surface area contributed by atoms with Crippen LogP contribution in [0.15, 0.2) is 59.5 Å². The Labute approximate surface area is 125 Å². The average Bonchev–Trinajstić information content (AvgIpc) is 3.28. The van der Waals surface area contributed by atoms with E-state index in [1.807, 2.05) is 11.8 Å². The van der Waals surface area contributed by atoms with Gasteiger partial charge < -0.3 is 5.73 Å². The van der Waals surface area contributed by atoms with Crippen LogP contribution >= 0.6 is 11.8 Å². The van der Waals surface area contributed by atoms with Crippen molar-refractivity contribution in [1.82, 2.24) is 0 Å². The lowest BCUT2D eigenvalue weighted by Gasteiger charge is -2.11. The number of aryl methyl sites for hydroxylation is 1. The van der Waals surface area contributed by atoms with Crippen molar-refractivity contribution in [1.29, 1.82) is 0 Å². The van der Waals surface area contributed by atoms with Crippen molar-refractivity contribution in [2.24, 2.45) is 11.7 Å². The van der Waals surface area contributed by atoms with Crippen molar-refractivity contribution in [3.63, 3.8) is 0 Å². The van der Waals surface area contributed by atoms with Crippen LogP contribution < -0.4 is 5.73 Å². The van der Waals surface area contributed by atoms with Crippen LogP contribution in [0.3, 0.4) is 0 Å². The van der Waals surface area contributed by atoms with Crippen molar-refractivity contribution in [2.75, 3.05) is 5.75 Å². The van der Waals surface area contributed by atoms with Crippen molar-refractivity contribution < 1.29 is 0 Å². The molecule has 1 nitrogen and oxygen atoms in total. The van der Waals surface area contributed by atoms with Gasteiger partial charge in [0.05, 0.1) is 0 Å². The van der Waals surface area contributed by atoms with Gasteiger partial charge in [-0.05, 0) is 42.9 Å². The van der Waals surface area contributed by atoms with Crippen LogP contribution in [0.5, 0.6) is 0 Å². The molecule has 1 fully saturated rings. The standard InChI is InChI=1S/C18H21NS/c1-13-7-9-15(10-8-13)20-12-18(19)17-11-16(17)14-5-3-2-4-6-14/h2-10,16-18H,11-12,19H2,1H3. The summed E-state index contributed by atoms with van der Waals surface area (Å²) in [7, 11) is 0. The minimum absolute atomic E-state index is 0.298. The molecule has 1 saturated carbocycles. The van der Waals surface area contributed by atoms with E-state index in [4.69, 9.17) is 5.73 Å². The zero-order chi connectivity index (χ0) is 13.9. The van der Waals surface area contributed by atoms with Crippen molar-refractivity contribution in [3.8, 4) is 0 Å². The average molecular weight is 283 g/mol. The van der Waals surface area contributed by atoms with Crippen molar-refractivity contribution in [3.05, 3.63) is 65.7 Å². The smallest absolute Gasteiger partial charge is 0.0168 e. The predicted octanol–water partition coefficient (Wildman–Crippen LogP) is 4.22. The molecule has 0 heterocycles. The molecule has 0 aromatic heterocycles. The van der Waals surface area contributed by atoms with Gasteiger partial charge in [0.2, 0.25) is 0 Å². The summed E-state index contributed by atoms with van der Waals surface area (Å²) in [6.45, 7) is 2.12. The largest absolute Gasteiger partial charge is 0.327 e. The Hall–Kier alpha value is -1.25. The molecule has 2 aromatic rings. The SMILES string of the molecule is Cc1ccc(SCC(N)C2CC2c2ccccc2)cc1. The molecular weight excluding hydrogens is 262 g/mol. The molecule has 2 aromatic carbocycles. The first kappa shape index (κ1) is 13.7. The maximum absolute atomic E-state index is 6.36. The molecule has 104 valence electrons. The van der Waals surface area contributed by atoms with Gasteiger partial charge in [-0.1, -0.05) is 48.0 Å². The lowest BCUT2D eigenvalue weighted by Crippen LogP contribution is -2.25. The van der Waals surface area contributed by atoms with Gasteiger partial charge in [0.25, 0.3) is 0 Å². The normalized spacial score (nSPS) is 22.5. The minimum Gasteiger partial charge on any atom is -0.327 e. The summed E-state index contributed by atoms with van der Waals surface area (Å²) in [4.78, 5) is 1.32. The van der Waals surface area contributed by atoms with Gasteiger partial charge in [-0.15, -0.1) is 11.8 Å². The van der Waals surface area contributed by atoms with E-state index in [9.17, 15) is 0 Å². The van der Waals surface area contributed by atoms with Gasteiger partial charge >= 0.3 is 0 Å². The monoisotopic (exact) mass is 283 g/mol. The summed E-state index contributed by atoms with van der Waals surface area (Å²) in [5.74, 6) is 2.36. The highest BCUT2D eigenvalue weighted by atomic mass is 32.2. The fourth-order valence-corrected chi connectivity index (χ4v) is 3.68. The van der Waals surface area contributed by atoms with Gasteiger partial charge in [0.15, 0.2) is 0 Å². The molecule has 3 unspecified atom stereocenters. The number of hydrogen-bond acceptors (Lipinski definition) is 2. The van der Waals surface area contributed by atoms with Crippen molar-refractivity contribution in [2.45, 2.75) is 30.2 Å².